The molecule has 0 spiro atoms. The van der Waals surface area contributed by atoms with Gasteiger partial charge in [-0.05, 0) is 50.2 Å². The molecule has 0 atom stereocenters. The molecular weight excluding hydrogens is 454 g/mol. The number of nitrogens with zero attached hydrogens (tertiary/aromatic N) is 3. The van der Waals surface area contributed by atoms with Crippen LogP contribution in [-0.4, -0.2) is 66.3 Å². The fourth-order valence-corrected chi connectivity index (χ4v) is 3.43. The first-order chi connectivity index (χ1) is 17.4. The molecule has 0 radical (unpaired) electrons. The molecule has 0 aliphatic heterocycles. The van der Waals surface area contributed by atoms with Crippen LogP contribution in [0, 0.1) is 5.41 Å². The van der Waals surface area contributed by atoms with E-state index in [9.17, 15) is 15.3 Å². The average molecular weight is 488 g/mol. The second-order valence-electron chi connectivity index (χ2n) is 8.95. The quantitative estimate of drug-likeness (QED) is 0.317. The summed E-state index contributed by atoms with van der Waals surface area (Å²) in [6, 6.07) is 21.0. The highest BCUT2D eigenvalue weighted by molar-refractivity contribution is 5.84. The molecule has 188 valence electrons. The van der Waals surface area contributed by atoms with Crippen molar-refractivity contribution >= 4 is 18.6 Å². The van der Waals surface area contributed by atoms with E-state index >= 15 is 0 Å². The van der Waals surface area contributed by atoms with Crippen LogP contribution in [0.15, 0.2) is 87.8 Å². The molecule has 3 N–H and O–H groups in total. The SMILES string of the molecule is CC(C)OCC(CN=Cc1ccccc1O)(CN=Cc1ccccc1O)CN=Cc1ccccc1O. The minimum Gasteiger partial charge on any atom is -0.507 e. The van der Waals surface area contributed by atoms with E-state index in [2.05, 4.69) is 15.0 Å². The van der Waals surface area contributed by atoms with Gasteiger partial charge in [0, 0.05) is 35.3 Å². The second kappa shape index (κ2) is 13.2. The van der Waals surface area contributed by atoms with Crippen molar-refractivity contribution in [3.05, 3.63) is 89.5 Å². The van der Waals surface area contributed by atoms with Crippen LogP contribution in [0.25, 0.3) is 0 Å². The lowest BCUT2D eigenvalue weighted by Gasteiger charge is -2.30. The van der Waals surface area contributed by atoms with Gasteiger partial charge in [0.05, 0.1) is 37.8 Å². The molecule has 3 aromatic rings. The standard InChI is InChI=1S/C29H33N3O4/c1-22(2)36-21-29(18-30-15-23-9-3-6-12-26(23)33,19-31-16-24-10-4-7-13-27(24)34)20-32-17-25-11-5-8-14-28(25)35/h3-17,22,33-35H,18-21H2,1-2H3. The van der Waals surface area contributed by atoms with Gasteiger partial charge in [0.2, 0.25) is 0 Å². The Kier molecular flexibility index (Phi) is 9.77. The lowest BCUT2D eigenvalue weighted by atomic mass is 9.88. The third-order valence-electron chi connectivity index (χ3n) is 5.50. The molecule has 0 aliphatic rings. The van der Waals surface area contributed by atoms with Crippen molar-refractivity contribution in [2.24, 2.45) is 20.4 Å². The number of phenols is 3. The Bertz CT molecular complexity index is 1060. The summed E-state index contributed by atoms with van der Waals surface area (Å²) in [5, 5.41) is 30.3. The van der Waals surface area contributed by atoms with Crippen LogP contribution in [-0.2, 0) is 4.74 Å². The maximum absolute atomic E-state index is 10.1. The molecule has 0 amide bonds. The van der Waals surface area contributed by atoms with Gasteiger partial charge in [-0.1, -0.05) is 36.4 Å². The zero-order chi connectivity index (χ0) is 25.8. The Hall–Kier alpha value is -3.97. The molecule has 0 aliphatic carbocycles. The molecule has 36 heavy (non-hydrogen) atoms. The van der Waals surface area contributed by atoms with Crippen molar-refractivity contribution in [3.63, 3.8) is 0 Å². The minimum absolute atomic E-state index is 0.00387. The Labute approximate surface area is 212 Å². The van der Waals surface area contributed by atoms with Crippen LogP contribution >= 0.6 is 0 Å². The van der Waals surface area contributed by atoms with E-state index in [1.807, 2.05) is 32.0 Å². The first-order valence-electron chi connectivity index (χ1n) is 11.8. The molecular formula is C29H33N3O4. The number of rotatable bonds is 12. The topological polar surface area (TPSA) is 107 Å². The van der Waals surface area contributed by atoms with Crippen molar-refractivity contribution in [2.45, 2.75) is 20.0 Å². The van der Waals surface area contributed by atoms with Crippen molar-refractivity contribution in [1.29, 1.82) is 0 Å². The summed E-state index contributed by atoms with van der Waals surface area (Å²) in [6.07, 6.45) is 4.91. The number of hydrogen-bond acceptors (Lipinski definition) is 7. The van der Waals surface area contributed by atoms with Gasteiger partial charge >= 0.3 is 0 Å². The first-order valence-corrected chi connectivity index (χ1v) is 11.8. The maximum atomic E-state index is 10.1. The smallest absolute Gasteiger partial charge is 0.124 e. The summed E-state index contributed by atoms with van der Waals surface area (Å²) in [4.78, 5) is 13.9. The Morgan fingerprint density at radius 1 is 0.639 bits per heavy atom. The van der Waals surface area contributed by atoms with Gasteiger partial charge in [-0.25, -0.2) is 0 Å². The van der Waals surface area contributed by atoms with E-state index in [-0.39, 0.29) is 23.4 Å². The van der Waals surface area contributed by atoms with Crippen LogP contribution < -0.4 is 0 Å². The van der Waals surface area contributed by atoms with Crippen molar-refractivity contribution in [1.82, 2.24) is 0 Å². The zero-order valence-corrected chi connectivity index (χ0v) is 20.7. The van der Waals surface area contributed by atoms with Gasteiger partial charge in [-0.15, -0.1) is 0 Å². The lowest BCUT2D eigenvalue weighted by Crippen LogP contribution is -2.38. The molecule has 3 aromatic carbocycles. The Balaban J connectivity index is 1.88. The fourth-order valence-electron chi connectivity index (χ4n) is 3.43. The third kappa shape index (κ3) is 8.06. The van der Waals surface area contributed by atoms with Gasteiger partial charge < -0.3 is 20.1 Å². The van der Waals surface area contributed by atoms with E-state index in [1.165, 1.54) is 0 Å². The number of hydrogen-bond donors (Lipinski definition) is 3. The first kappa shape index (κ1) is 26.6. The fraction of sp³-hybridized carbons (Fsp3) is 0.276. The van der Waals surface area contributed by atoms with Crippen LogP contribution in [0.1, 0.15) is 30.5 Å². The molecule has 0 aromatic heterocycles. The summed E-state index contributed by atoms with van der Waals surface area (Å²) < 4.78 is 6.02. The number of para-hydroxylation sites is 3. The van der Waals surface area contributed by atoms with Crippen LogP contribution in [0.2, 0.25) is 0 Å². The summed E-state index contributed by atoms with van der Waals surface area (Å²) in [5.41, 5.74) is 1.25. The molecule has 0 saturated carbocycles. The lowest BCUT2D eigenvalue weighted by molar-refractivity contribution is 0.0180. The largest absolute Gasteiger partial charge is 0.507 e. The van der Waals surface area contributed by atoms with E-state index in [0.29, 0.717) is 42.9 Å². The summed E-state index contributed by atoms with van der Waals surface area (Å²) in [7, 11) is 0. The minimum atomic E-state index is -0.604. The van der Waals surface area contributed by atoms with Gasteiger partial charge in [0.15, 0.2) is 0 Å². The van der Waals surface area contributed by atoms with Crippen molar-refractivity contribution < 1.29 is 20.1 Å². The molecule has 0 fully saturated rings. The van der Waals surface area contributed by atoms with Crippen LogP contribution in [0.5, 0.6) is 17.2 Å². The molecule has 0 bridgehead atoms. The van der Waals surface area contributed by atoms with E-state index in [1.54, 1.807) is 73.2 Å². The van der Waals surface area contributed by atoms with E-state index in [4.69, 9.17) is 4.74 Å². The molecule has 7 nitrogen and oxygen atoms in total. The number of aromatic hydroxyl groups is 3. The van der Waals surface area contributed by atoms with E-state index < -0.39 is 5.41 Å². The van der Waals surface area contributed by atoms with Gasteiger partial charge in [0.25, 0.3) is 0 Å². The molecule has 0 unspecified atom stereocenters. The monoisotopic (exact) mass is 487 g/mol. The normalized spacial score (nSPS) is 13.8. The van der Waals surface area contributed by atoms with Crippen LogP contribution in [0.3, 0.4) is 0 Å². The average Bonchev–Trinajstić information content (AvgIpc) is 2.86. The zero-order valence-electron chi connectivity index (χ0n) is 20.7. The van der Waals surface area contributed by atoms with Gasteiger partial charge in [-0.2, -0.15) is 0 Å². The molecule has 3 rings (SSSR count). The van der Waals surface area contributed by atoms with E-state index in [0.717, 1.165) is 0 Å². The number of aliphatic imine (C=N–C) groups is 3. The number of benzene rings is 3. The maximum Gasteiger partial charge on any atom is 0.124 e. The molecule has 7 heteroatoms. The van der Waals surface area contributed by atoms with Crippen molar-refractivity contribution in [2.75, 3.05) is 26.2 Å². The highest BCUT2D eigenvalue weighted by Crippen LogP contribution is 2.23. The van der Waals surface area contributed by atoms with Crippen molar-refractivity contribution in [3.8, 4) is 17.2 Å². The number of ether oxygens (including phenoxy) is 1. The Morgan fingerprint density at radius 2 is 0.972 bits per heavy atom. The van der Waals surface area contributed by atoms with Crippen LogP contribution in [0.4, 0.5) is 0 Å². The summed E-state index contributed by atoms with van der Waals surface area (Å²) in [5.74, 6) is 0.460. The summed E-state index contributed by atoms with van der Waals surface area (Å²) in [6.45, 7) is 5.29. The highest BCUT2D eigenvalue weighted by Gasteiger charge is 2.30. The third-order valence-corrected chi connectivity index (χ3v) is 5.50. The Morgan fingerprint density at radius 3 is 1.28 bits per heavy atom. The molecule has 0 heterocycles. The predicted molar refractivity (Wildman–Crippen MR) is 145 cm³/mol. The predicted octanol–water partition coefficient (Wildman–Crippen LogP) is 4.87. The second-order valence-corrected chi connectivity index (χ2v) is 8.95. The summed E-state index contributed by atoms with van der Waals surface area (Å²) >= 11 is 0. The van der Waals surface area contributed by atoms with Gasteiger partial charge in [-0.3, -0.25) is 15.0 Å². The highest BCUT2D eigenvalue weighted by atomic mass is 16.5. The van der Waals surface area contributed by atoms with Gasteiger partial charge in [0.1, 0.15) is 17.2 Å². The molecule has 0 saturated heterocycles. The number of phenolic OH excluding ortho intramolecular Hbond substituents is 3.